The van der Waals surface area contributed by atoms with Crippen molar-refractivity contribution in [1.82, 2.24) is 4.90 Å². The maximum absolute atomic E-state index is 12.4. The lowest BCUT2D eigenvalue weighted by molar-refractivity contribution is -0.148. The third-order valence-electron chi connectivity index (χ3n) is 4.10. The molecule has 1 heterocycles. The number of ether oxygens (including phenoxy) is 1. The van der Waals surface area contributed by atoms with Crippen LogP contribution in [0, 0.1) is 0 Å². The van der Waals surface area contributed by atoms with Crippen molar-refractivity contribution in [3.8, 4) is 0 Å². The first-order valence-corrected chi connectivity index (χ1v) is 8.84. The molecule has 0 aliphatic carbocycles. The van der Waals surface area contributed by atoms with Crippen molar-refractivity contribution in [2.75, 3.05) is 6.54 Å². The maximum Gasteiger partial charge on any atom is 0.308 e. The average Bonchev–Trinajstić information content (AvgIpc) is 2.67. The van der Waals surface area contributed by atoms with Crippen LogP contribution in [0.5, 0.6) is 0 Å². The van der Waals surface area contributed by atoms with Crippen LogP contribution >= 0.6 is 12.2 Å². The summed E-state index contributed by atoms with van der Waals surface area (Å²) < 4.78 is 5.74. The van der Waals surface area contributed by atoms with Gasteiger partial charge in [-0.15, -0.1) is 0 Å². The minimum atomic E-state index is -0.468. The summed E-state index contributed by atoms with van der Waals surface area (Å²) in [6.45, 7) is 0.285. The largest absolute Gasteiger partial charge is 0.452 e. The monoisotopic (exact) mass is 365 g/mol. The molecule has 1 amide bonds. The second kappa shape index (κ2) is 8.54. The van der Waals surface area contributed by atoms with E-state index in [0.29, 0.717) is 4.86 Å². The molecular weight excluding hydrogens is 346 g/mol. The Kier molecular flexibility index (Phi) is 5.92. The number of thiocarbonyl (C=S) groups is 1. The number of rotatable bonds is 6. The van der Waals surface area contributed by atoms with Gasteiger partial charge in [-0.2, -0.15) is 0 Å². The molecule has 2 aromatic rings. The average molecular weight is 365 g/mol. The van der Waals surface area contributed by atoms with E-state index < -0.39 is 6.10 Å². The number of esters is 1. The number of carbonyl (C=O) groups excluding carboxylic acids is 2. The van der Waals surface area contributed by atoms with E-state index in [1.165, 1.54) is 4.90 Å². The molecule has 0 saturated carbocycles. The zero-order chi connectivity index (χ0) is 18.4. The second-order valence-corrected chi connectivity index (χ2v) is 6.51. The van der Waals surface area contributed by atoms with Crippen molar-refractivity contribution in [2.24, 2.45) is 0 Å². The van der Waals surface area contributed by atoms with Crippen LogP contribution in [0.15, 0.2) is 72.9 Å². The van der Waals surface area contributed by atoms with E-state index in [4.69, 9.17) is 17.0 Å². The van der Waals surface area contributed by atoms with Crippen LogP contribution in [0.3, 0.4) is 0 Å². The Morgan fingerprint density at radius 3 is 2.15 bits per heavy atom. The Labute approximate surface area is 158 Å². The minimum Gasteiger partial charge on any atom is -0.452 e. The van der Waals surface area contributed by atoms with E-state index in [9.17, 15) is 9.59 Å². The lowest BCUT2D eigenvalue weighted by Gasteiger charge is -2.23. The van der Waals surface area contributed by atoms with Crippen LogP contribution in [0.25, 0.3) is 0 Å². The van der Waals surface area contributed by atoms with Gasteiger partial charge >= 0.3 is 5.97 Å². The highest BCUT2D eigenvalue weighted by molar-refractivity contribution is 7.80. The predicted octanol–water partition coefficient (Wildman–Crippen LogP) is 3.83. The number of benzene rings is 2. The summed E-state index contributed by atoms with van der Waals surface area (Å²) in [5, 5.41) is 0. The molecule has 0 spiro atoms. The van der Waals surface area contributed by atoms with Gasteiger partial charge in [0, 0.05) is 17.6 Å². The van der Waals surface area contributed by atoms with E-state index in [1.54, 1.807) is 12.3 Å². The molecule has 3 rings (SSSR count). The second-order valence-electron chi connectivity index (χ2n) is 5.99. The smallest absolute Gasteiger partial charge is 0.308 e. The van der Waals surface area contributed by atoms with Crippen molar-refractivity contribution in [1.29, 1.82) is 0 Å². The zero-order valence-electron chi connectivity index (χ0n) is 14.2. The van der Waals surface area contributed by atoms with Gasteiger partial charge in [-0.05, 0) is 17.2 Å². The van der Waals surface area contributed by atoms with E-state index >= 15 is 0 Å². The number of hydrogen-bond acceptors (Lipinski definition) is 4. The minimum absolute atomic E-state index is 0.0898. The highest BCUT2D eigenvalue weighted by Crippen LogP contribution is 2.26. The molecule has 0 fully saturated rings. The SMILES string of the molecule is O=C(CCN1C=CC(=S)CC1=O)OC(c1ccccc1)c1ccccc1. The Balaban J connectivity index is 1.67. The van der Waals surface area contributed by atoms with Gasteiger partial charge in [-0.1, -0.05) is 72.9 Å². The van der Waals surface area contributed by atoms with Gasteiger partial charge in [0.2, 0.25) is 5.91 Å². The van der Waals surface area contributed by atoms with E-state index in [1.807, 2.05) is 60.7 Å². The van der Waals surface area contributed by atoms with Gasteiger partial charge in [0.1, 0.15) is 0 Å². The van der Waals surface area contributed by atoms with Crippen LogP contribution in [-0.4, -0.2) is 28.2 Å². The van der Waals surface area contributed by atoms with Crippen LogP contribution in [0.4, 0.5) is 0 Å². The van der Waals surface area contributed by atoms with Crippen molar-refractivity contribution in [2.45, 2.75) is 18.9 Å². The third kappa shape index (κ3) is 4.64. The predicted molar refractivity (Wildman–Crippen MR) is 104 cm³/mol. The molecule has 0 N–H and O–H groups in total. The first kappa shape index (κ1) is 18.0. The molecule has 1 aliphatic rings. The van der Waals surface area contributed by atoms with Crippen molar-refractivity contribution >= 4 is 29.0 Å². The van der Waals surface area contributed by atoms with Crippen LogP contribution in [-0.2, 0) is 14.3 Å². The lowest BCUT2D eigenvalue weighted by atomic mass is 10.0. The molecular formula is C21H19NO3S. The highest BCUT2D eigenvalue weighted by Gasteiger charge is 2.21. The van der Waals surface area contributed by atoms with Gasteiger partial charge in [0.15, 0.2) is 6.10 Å². The molecule has 5 heteroatoms. The summed E-state index contributed by atoms with van der Waals surface area (Å²) >= 11 is 5.01. The summed E-state index contributed by atoms with van der Waals surface area (Å²) in [5.74, 6) is -0.440. The number of allylic oxidation sites excluding steroid dienone is 1. The summed E-state index contributed by atoms with van der Waals surface area (Å²) in [7, 11) is 0. The van der Waals surface area contributed by atoms with Crippen molar-refractivity contribution in [3.05, 3.63) is 84.1 Å². The molecule has 0 bridgehead atoms. The lowest BCUT2D eigenvalue weighted by Crippen LogP contribution is -2.32. The number of nitrogens with zero attached hydrogens (tertiary/aromatic N) is 1. The molecule has 0 atom stereocenters. The van der Waals surface area contributed by atoms with E-state index in [2.05, 4.69) is 0 Å². The molecule has 0 unspecified atom stereocenters. The summed E-state index contributed by atoms with van der Waals surface area (Å²) in [4.78, 5) is 26.4. The Hall–Kier alpha value is -2.79. The molecule has 2 aromatic carbocycles. The van der Waals surface area contributed by atoms with Crippen LogP contribution in [0.1, 0.15) is 30.1 Å². The van der Waals surface area contributed by atoms with Crippen LogP contribution < -0.4 is 0 Å². The zero-order valence-corrected chi connectivity index (χ0v) is 15.0. The molecule has 4 nitrogen and oxygen atoms in total. The topological polar surface area (TPSA) is 46.6 Å². The van der Waals surface area contributed by atoms with Crippen LogP contribution in [0.2, 0.25) is 0 Å². The third-order valence-corrected chi connectivity index (χ3v) is 4.38. The first-order valence-electron chi connectivity index (χ1n) is 8.43. The van der Waals surface area contributed by atoms with Crippen molar-refractivity contribution in [3.63, 3.8) is 0 Å². The van der Waals surface area contributed by atoms with E-state index in [0.717, 1.165) is 11.1 Å². The summed E-state index contributed by atoms with van der Waals surface area (Å²) in [5.41, 5.74) is 1.82. The van der Waals surface area contributed by atoms with Gasteiger partial charge in [-0.25, -0.2) is 0 Å². The number of hydrogen-bond donors (Lipinski definition) is 0. The Bertz CT molecular complexity index is 778. The normalized spacial score (nSPS) is 14.0. The molecule has 0 aromatic heterocycles. The fraction of sp³-hybridized carbons (Fsp3) is 0.190. The fourth-order valence-corrected chi connectivity index (χ4v) is 2.94. The molecule has 1 aliphatic heterocycles. The van der Waals surface area contributed by atoms with Gasteiger partial charge in [0.25, 0.3) is 0 Å². The molecule has 26 heavy (non-hydrogen) atoms. The maximum atomic E-state index is 12.4. The summed E-state index contributed by atoms with van der Waals surface area (Å²) in [6, 6.07) is 19.2. The first-order chi connectivity index (χ1) is 12.6. The Morgan fingerprint density at radius 1 is 1.04 bits per heavy atom. The molecule has 132 valence electrons. The fourth-order valence-electron chi connectivity index (χ4n) is 2.75. The van der Waals surface area contributed by atoms with E-state index in [-0.39, 0.29) is 31.3 Å². The van der Waals surface area contributed by atoms with Gasteiger partial charge < -0.3 is 9.64 Å². The Morgan fingerprint density at radius 2 is 1.62 bits per heavy atom. The van der Waals surface area contributed by atoms with Gasteiger partial charge in [0.05, 0.1) is 12.8 Å². The standard InChI is InChI=1S/C21H19NO3S/c23-19-15-18(26)11-13-22(19)14-12-20(24)25-21(16-7-3-1-4-8-16)17-9-5-2-6-10-17/h1-11,13,21H,12,14-15H2. The summed E-state index contributed by atoms with van der Waals surface area (Å²) in [6.07, 6.45) is 3.23. The number of carbonyl (C=O) groups is 2. The number of amides is 1. The molecule has 0 saturated heterocycles. The highest BCUT2D eigenvalue weighted by atomic mass is 32.1. The molecule has 0 radical (unpaired) electrons. The van der Waals surface area contributed by atoms with Gasteiger partial charge in [-0.3, -0.25) is 9.59 Å². The van der Waals surface area contributed by atoms with Crippen molar-refractivity contribution < 1.29 is 14.3 Å². The quantitative estimate of drug-likeness (QED) is 0.577.